The fourth-order valence-corrected chi connectivity index (χ4v) is 1.76. The van der Waals surface area contributed by atoms with Gasteiger partial charge in [0, 0.05) is 18.3 Å². The Kier molecular flexibility index (Phi) is 4.78. The van der Waals surface area contributed by atoms with Crippen molar-refractivity contribution in [3.63, 3.8) is 0 Å². The van der Waals surface area contributed by atoms with E-state index in [1.165, 1.54) is 11.3 Å². The van der Waals surface area contributed by atoms with Gasteiger partial charge in [-0.05, 0) is 46.3 Å². The second-order valence-corrected chi connectivity index (χ2v) is 4.08. The molecule has 0 radical (unpaired) electrons. The van der Waals surface area contributed by atoms with Crippen LogP contribution in [0.3, 0.4) is 0 Å². The Labute approximate surface area is 91.8 Å². The van der Waals surface area contributed by atoms with Crippen LogP contribution in [0.15, 0.2) is 0 Å². The summed E-state index contributed by atoms with van der Waals surface area (Å²) in [7, 11) is 1.97. The third-order valence-electron chi connectivity index (χ3n) is 2.66. The van der Waals surface area contributed by atoms with Gasteiger partial charge in [-0.15, -0.1) is 0 Å². The Bertz CT molecular complexity index is 273. The molecule has 0 spiro atoms. The van der Waals surface area contributed by atoms with Crippen molar-refractivity contribution in [1.29, 1.82) is 0 Å². The van der Waals surface area contributed by atoms with E-state index in [1.807, 2.05) is 7.05 Å². The van der Waals surface area contributed by atoms with Crippen LogP contribution >= 0.6 is 0 Å². The van der Waals surface area contributed by atoms with E-state index in [9.17, 15) is 0 Å². The van der Waals surface area contributed by atoms with Gasteiger partial charge in [-0.25, -0.2) is 0 Å². The second kappa shape index (κ2) is 5.88. The van der Waals surface area contributed by atoms with Gasteiger partial charge in [0.2, 0.25) is 0 Å². The average molecular weight is 210 g/mol. The Morgan fingerprint density at radius 1 is 1.40 bits per heavy atom. The molecule has 0 bridgehead atoms. The predicted molar refractivity (Wildman–Crippen MR) is 63.2 cm³/mol. The van der Waals surface area contributed by atoms with Crippen LogP contribution in [0, 0.1) is 13.8 Å². The van der Waals surface area contributed by atoms with E-state index in [-0.39, 0.29) is 0 Å². The monoisotopic (exact) mass is 210 g/mol. The molecule has 0 amide bonds. The molecule has 1 rings (SSSR count). The van der Waals surface area contributed by atoms with Crippen molar-refractivity contribution in [1.82, 2.24) is 20.8 Å². The molecule has 4 heteroatoms. The first-order valence-corrected chi connectivity index (χ1v) is 5.53. The number of hydrogen-bond acceptors (Lipinski definition) is 3. The van der Waals surface area contributed by atoms with Crippen LogP contribution in [0.4, 0.5) is 0 Å². The van der Waals surface area contributed by atoms with Gasteiger partial charge < -0.3 is 10.6 Å². The SMILES string of the molecule is CNCC(C)NCCc1c(C)n[nH]c1C. The van der Waals surface area contributed by atoms with Gasteiger partial charge >= 0.3 is 0 Å². The molecule has 4 nitrogen and oxygen atoms in total. The zero-order valence-electron chi connectivity index (χ0n) is 10.1. The Morgan fingerprint density at radius 3 is 2.67 bits per heavy atom. The van der Waals surface area contributed by atoms with Gasteiger partial charge in [0.1, 0.15) is 0 Å². The topological polar surface area (TPSA) is 52.7 Å². The molecule has 86 valence electrons. The third kappa shape index (κ3) is 3.64. The maximum atomic E-state index is 4.19. The molecule has 1 aromatic rings. The first kappa shape index (κ1) is 12.2. The van der Waals surface area contributed by atoms with Crippen molar-refractivity contribution >= 4 is 0 Å². The van der Waals surface area contributed by atoms with E-state index in [0.29, 0.717) is 6.04 Å². The summed E-state index contributed by atoms with van der Waals surface area (Å²) in [5.41, 5.74) is 3.66. The summed E-state index contributed by atoms with van der Waals surface area (Å²) in [4.78, 5) is 0. The fourth-order valence-electron chi connectivity index (χ4n) is 1.76. The van der Waals surface area contributed by atoms with Crippen molar-refractivity contribution in [2.24, 2.45) is 0 Å². The number of rotatable bonds is 6. The molecule has 0 saturated heterocycles. The summed E-state index contributed by atoms with van der Waals surface area (Å²) in [5.74, 6) is 0. The largest absolute Gasteiger partial charge is 0.318 e. The van der Waals surface area contributed by atoms with Crippen molar-refractivity contribution in [2.75, 3.05) is 20.1 Å². The van der Waals surface area contributed by atoms with Gasteiger partial charge in [0.05, 0.1) is 5.69 Å². The molecule has 0 aliphatic rings. The lowest BCUT2D eigenvalue weighted by Crippen LogP contribution is -2.36. The Morgan fingerprint density at radius 2 is 2.13 bits per heavy atom. The second-order valence-electron chi connectivity index (χ2n) is 4.08. The number of H-pyrrole nitrogens is 1. The Hall–Kier alpha value is -0.870. The van der Waals surface area contributed by atoms with Crippen LogP contribution in [0.5, 0.6) is 0 Å². The number of nitrogens with zero attached hydrogens (tertiary/aromatic N) is 1. The van der Waals surface area contributed by atoms with Crippen molar-refractivity contribution in [3.8, 4) is 0 Å². The Balaban J connectivity index is 2.31. The van der Waals surface area contributed by atoms with E-state index < -0.39 is 0 Å². The predicted octanol–water partition coefficient (Wildman–Crippen LogP) is 0.767. The standard InChI is InChI=1S/C11H22N4/c1-8(7-12-4)13-6-5-11-9(2)14-15-10(11)3/h8,12-13H,5-7H2,1-4H3,(H,14,15). The van der Waals surface area contributed by atoms with E-state index in [4.69, 9.17) is 0 Å². The third-order valence-corrected chi connectivity index (χ3v) is 2.66. The fraction of sp³-hybridized carbons (Fsp3) is 0.727. The van der Waals surface area contributed by atoms with Crippen LogP contribution in [-0.2, 0) is 6.42 Å². The van der Waals surface area contributed by atoms with Gasteiger partial charge in [0.15, 0.2) is 0 Å². The molecule has 0 saturated carbocycles. The number of nitrogens with one attached hydrogen (secondary N) is 3. The molecule has 0 fully saturated rings. The van der Waals surface area contributed by atoms with Gasteiger partial charge in [-0.2, -0.15) is 5.10 Å². The molecule has 1 aromatic heterocycles. The van der Waals surface area contributed by atoms with Gasteiger partial charge in [-0.3, -0.25) is 5.10 Å². The number of aryl methyl sites for hydroxylation is 2. The van der Waals surface area contributed by atoms with Gasteiger partial charge in [-0.1, -0.05) is 0 Å². The molecule has 0 aliphatic carbocycles. The minimum Gasteiger partial charge on any atom is -0.318 e. The van der Waals surface area contributed by atoms with Gasteiger partial charge in [0.25, 0.3) is 0 Å². The molecule has 1 heterocycles. The lowest BCUT2D eigenvalue weighted by atomic mass is 10.1. The smallest absolute Gasteiger partial charge is 0.0626 e. The molecule has 0 aromatic carbocycles. The van der Waals surface area contributed by atoms with Crippen LogP contribution in [0.2, 0.25) is 0 Å². The number of likely N-dealkylation sites (N-methyl/N-ethyl adjacent to an activating group) is 1. The van der Waals surface area contributed by atoms with E-state index in [2.05, 4.69) is 41.6 Å². The minimum absolute atomic E-state index is 0.516. The summed E-state index contributed by atoms with van der Waals surface area (Å²) < 4.78 is 0. The molecule has 1 atom stereocenters. The zero-order chi connectivity index (χ0) is 11.3. The van der Waals surface area contributed by atoms with Crippen LogP contribution in [0.1, 0.15) is 23.9 Å². The highest BCUT2D eigenvalue weighted by Crippen LogP contribution is 2.09. The molecule has 3 N–H and O–H groups in total. The van der Waals surface area contributed by atoms with E-state index in [0.717, 1.165) is 25.2 Å². The summed E-state index contributed by atoms with van der Waals surface area (Å²) in [6.07, 6.45) is 1.04. The highest BCUT2D eigenvalue weighted by molar-refractivity contribution is 5.23. The molecule has 0 aliphatic heterocycles. The average Bonchev–Trinajstić information content (AvgIpc) is 2.49. The van der Waals surface area contributed by atoms with Crippen molar-refractivity contribution in [2.45, 2.75) is 33.2 Å². The summed E-state index contributed by atoms with van der Waals surface area (Å²) >= 11 is 0. The molecule has 1 unspecified atom stereocenters. The lowest BCUT2D eigenvalue weighted by molar-refractivity contribution is 0.526. The lowest BCUT2D eigenvalue weighted by Gasteiger charge is -2.12. The van der Waals surface area contributed by atoms with Crippen LogP contribution < -0.4 is 10.6 Å². The molecular formula is C11H22N4. The molecular weight excluding hydrogens is 188 g/mol. The quantitative estimate of drug-likeness (QED) is 0.650. The van der Waals surface area contributed by atoms with Crippen LogP contribution in [0.25, 0.3) is 0 Å². The zero-order valence-corrected chi connectivity index (χ0v) is 10.1. The first-order valence-electron chi connectivity index (χ1n) is 5.53. The summed E-state index contributed by atoms with van der Waals surface area (Å²) in [6.45, 7) is 8.32. The first-order chi connectivity index (χ1) is 7.15. The number of hydrogen-bond donors (Lipinski definition) is 3. The summed E-state index contributed by atoms with van der Waals surface area (Å²) in [6, 6.07) is 0.516. The summed E-state index contributed by atoms with van der Waals surface area (Å²) in [5, 5.41) is 13.8. The maximum Gasteiger partial charge on any atom is 0.0626 e. The highest BCUT2D eigenvalue weighted by Gasteiger charge is 2.06. The normalized spacial score (nSPS) is 13.1. The number of aromatic amines is 1. The maximum absolute atomic E-state index is 4.19. The highest BCUT2D eigenvalue weighted by atomic mass is 15.1. The van der Waals surface area contributed by atoms with E-state index >= 15 is 0 Å². The number of aromatic nitrogens is 2. The van der Waals surface area contributed by atoms with E-state index in [1.54, 1.807) is 0 Å². The van der Waals surface area contributed by atoms with Crippen molar-refractivity contribution < 1.29 is 0 Å². The minimum atomic E-state index is 0.516. The van der Waals surface area contributed by atoms with Crippen LogP contribution in [-0.4, -0.2) is 36.4 Å². The van der Waals surface area contributed by atoms with Crippen molar-refractivity contribution in [3.05, 3.63) is 17.0 Å². The molecule has 15 heavy (non-hydrogen) atoms.